The van der Waals surface area contributed by atoms with Crippen LogP contribution in [0.4, 0.5) is 0 Å². The number of rotatable bonds is 3. The molecule has 1 N–H and O–H groups in total. The molecule has 0 amide bonds. The van der Waals surface area contributed by atoms with Gasteiger partial charge >= 0.3 is 5.97 Å². The third-order valence-electron chi connectivity index (χ3n) is 3.06. The molecule has 0 atom stereocenters. The van der Waals surface area contributed by atoms with Gasteiger partial charge in [0.1, 0.15) is 6.54 Å². The third kappa shape index (κ3) is 3.02. The quantitative estimate of drug-likeness (QED) is 0.921. The van der Waals surface area contributed by atoms with E-state index in [-0.39, 0.29) is 12.0 Å². The maximum absolute atomic E-state index is 10.8. The SMILES string of the molecule is CC(C)(C)c1ccc(-c2cncn2CC(=O)O)cc1. The Morgan fingerprint density at radius 1 is 1.26 bits per heavy atom. The molecule has 1 aromatic heterocycles. The summed E-state index contributed by atoms with van der Waals surface area (Å²) >= 11 is 0. The number of hydrogen-bond acceptors (Lipinski definition) is 2. The molecular weight excluding hydrogens is 240 g/mol. The van der Waals surface area contributed by atoms with Gasteiger partial charge in [0.15, 0.2) is 0 Å². The number of aromatic nitrogens is 2. The fourth-order valence-corrected chi connectivity index (χ4v) is 1.97. The lowest BCUT2D eigenvalue weighted by atomic mass is 9.86. The number of carboxylic acids is 1. The van der Waals surface area contributed by atoms with Crippen LogP contribution in [0, 0.1) is 0 Å². The maximum Gasteiger partial charge on any atom is 0.323 e. The normalized spacial score (nSPS) is 11.5. The van der Waals surface area contributed by atoms with Crippen LogP contribution in [0.2, 0.25) is 0 Å². The fraction of sp³-hybridized carbons (Fsp3) is 0.333. The van der Waals surface area contributed by atoms with E-state index in [9.17, 15) is 4.79 Å². The molecule has 1 aromatic carbocycles. The standard InChI is InChI=1S/C15H18N2O2/c1-15(2,3)12-6-4-11(5-7-12)13-8-16-10-17(13)9-14(18)19/h4-8,10H,9H2,1-3H3,(H,18,19). The molecule has 2 rings (SSSR count). The van der Waals surface area contributed by atoms with Crippen molar-refractivity contribution in [2.24, 2.45) is 0 Å². The molecule has 4 heteroatoms. The van der Waals surface area contributed by atoms with Gasteiger partial charge in [-0.3, -0.25) is 4.79 Å². The molecule has 0 aliphatic carbocycles. The van der Waals surface area contributed by atoms with Gasteiger partial charge in [0, 0.05) is 0 Å². The van der Waals surface area contributed by atoms with E-state index in [0.717, 1.165) is 11.3 Å². The van der Waals surface area contributed by atoms with E-state index in [1.807, 2.05) is 12.1 Å². The highest BCUT2D eigenvalue weighted by Gasteiger charge is 2.14. The Morgan fingerprint density at radius 3 is 2.42 bits per heavy atom. The molecule has 4 nitrogen and oxygen atoms in total. The summed E-state index contributed by atoms with van der Waals surface area (Å²) in [6, 6.07) is 8.17. The van der Waals surface area contributed by atoms with Crippen molar-refractivity contribution < 1.29 is 9.90 Å². The van der Waals surface area contributed by atoms with Crippen LogP contribution >= 0.6 is 0 Å². The van der Waals surface area contributed by atoms with E-state index in [1.54, 1.807) is 17.1 Å². The minimum absolute atomic E-state index is 0.0731. The van der Waals surface area contributed by atoms with Gasteiger partial charge in [0.05, 0.1) is 18.2 Å². The van der Waals surface area contributed by atoms with Gasteiger partial charge in [-0.25, -0.2) is 4.98 Å². The second-order valence-corrected chi connectivity index (χ2v) is 5.63. The van der Waals surface area contributed by atoms with E-state index >= 15 is 0 Å². The van der Waals surface area contributed by atoms with Gasteiger partial charge in [-0.1, -0.05) is 45.0 Å². The van der Waals surface area contributed by atoms with Gasteiger partial charge < -0.3 is 9.67 Å². The molecular formula is C15H18N2O2. The lowest BCUT2D eigenvalue weighted by Gasteiger charge is -2.19. The molecule has 0 aliphatic rings. The van der Waals surface area contributed by atoms with Crippen molar-refractivity contribution in [1.29, 1.82) is 0 Å². The van der Waals surface area contributed by atoms with Crippen molar-refractivity contribution >= 4 is 5.97 Å². The average Bonchev–Trinajstić information content (AvgIpc) is 2.75. The zero-order chi connectivity index (χ0) is 14.0. The average molecular weight is 258 g/mol. The summed E-state index contributed by atoms with van der Waals surface area (Å²) in [6.07, 6.45) is 3.23. The van der Waals surface area contributed by atoms with Crippen LogP contribution < -0.4 is 0 Å². The lowest BCUT2D eigenvalue weighted by Crippen LogP contribution is -2.11. The fourth-order valence-electron chi connectivity index (χ4n) is 1.97. The molecule has 0 bridgehead atoms. The highest BCUT2D eigenvalue weighted by atomic mass is 16.4. The first-order chi connectivity index (χ1) is 8.88. The van der Waals surface area contributed by atoms with E-state index in [4.69, 9.17) is 5.11 Å². The summed E-state index contributed by atoms with van der Waals surface area (Å²) in [5.41, 5.74) is 3.16. The second kappa shape index (κ2) is 4.88. The van der Waals surface area contributed by atoms with Gasteiger partial charge in [-0.05, 0) is 16.5 Å². The maximum atomic E-state index is 10.8. The summed E-state index contributed by atoms with van der Waals surface area (Å²) in [6.45, 7) is 6.42. The molecule has 0 saturated carbocycles. The lowest BCUT2D eigenvalue weighted by molar-refractivity contribution is -0.137. The zero-order valence-corrected chi connectivity index (χ0v) is 11.4. The van der Waals surface area contributed by atoms with Gasteiger partial charge in [-0.2, -0.15) is 0 Å². The van der Waals surface area contributed by atoms with Crippen LogP contribution in [-0.4, -0.2) is 20.6 Å². The first-order valence-electron chi connectivity index (χ1n) is 6.21. The summed E-state index contributed by atoms with van der Waals surface area (Å²) in [4.78, 5) is 14.8. The zero-order valence-electron chi connectivity index (χ0n) is 11.4. The minimum Gasteiger partial charge on any atom is -0.480 e. The monoisotopic (exact) mass is 258 g/mol. The second-order valence-electron chi connectivity index (χ2n) is 5.63. The van der Waals surface area contributed by atoms with Crippen molar-refractivity contribution in [3.05, 3.63) is 42.4 Å². The van der Waals surface area contributed by atoms with Crippen LogP contribution in [0.25, 0.3) is 11.3 Å². The van der Waals surface area contributed by atoms with Gasteiger partial charge in [0.25, 0.3) is 0 Å². The summed E-state index contributed by atoms with van der Waals surface area (Å²) in [7, 11) is 0. The first kappa shape index (κ1) is 13.3. The molecule has 2 aromatic rings. The molecule has 0 radical (unpaired) electrons. The van der Waals surface area contributed by atoms with Crippen LogP contribution in [0.3, 0.4) is 0 Å². The summed E-state index contributed by atoms with van der Waals surface area (Å²) in [5.74, 6) is -0.870. The number of imidazole rings is 1. The smallest absolute Gasteiger partial charge is 0.323 e. The molecule has 0 aliphatic heterocycles. The highest BCUT2D eigenvalue weighted by Crippen LogP contribution is 2.25. The van der Waals surface area contributed by atoms with Crippen molar-refractivity contribution in [3.63, 3.8) is 0 Å². The van der Waals surface area contributed by atoms with Crippen LogP contribution in [0.5, 0.6) is 0 Å². The predicted molar refractivity (Wildman–Crippen MR) is 74.0 cm³/mol. The topological polar surface area (TPSA) is 55.1 Å². The molecule has 0 saturated heterocycles. The Labute approximate surface area is 112 Å². The Hall–Kier alpha value is -2.10. The molecule has 0 spiro atoms. The van der Waals surface area contributed by atoms with Crippen LogP contribution in [0.15, 0.2) is 36.8 Å². The summed E-state index contributed by atoms with van der Waals surface area (Å²) in [5, 5.41) is 8.86. The Kier molecular flexibility index (Phi) is 3.42. The third-order valence-corrected chi connectivity index (χ3v) is 3.06. The Bertz CT molecular complexity index is 577. The van der Waals surface area contributed by atoms with Crippen molar-refractivity contribution in [2.45, 2.75) is 32.7 Å². The van der Waals surface area contributed by atoms with Crippen LogP contribution in [-0.2, 0) is 16.8 Å². The van der Waals surface area contributed by atoms with E-state index < -0.39 is 5.97 Å². The van der Waals surface area contributed by atoms with Gasteiger partial charge in [0.2, 0.25) is 0 Å². The number of benzene rings is 1. The molecule has 1 heterocycles. The largest absolute Gasteiger partial charge is 0.480 e. The molecule has 0 unspecified atom stereocenters. The molecule has 100 valence electrons. The van der Waals surface area contributed by atoms with Crippen molar-refractivity contribution in [2.75, 3.05) is 0 Å². The van der Waals surface area contributed by atoms with Crippen molar-refractivity contribution in [1.82, 2.24) is 9.55 Å². The molecule has 0 fully saturated rings. The Morgan fingerprint density at radius 2 is 1.89 bits per heavy atom. The highest BCUT2D eigenvalue weighted by molar-refractivity contribution is 5.68. The van der Waals surface area contributed by atoms with E-state index in [2.05, 4.69) is 37.9 Å². The van der Waals surface area contributed by atoms with Gasteiger partial charge in [-0.15, -0.1) is 0 Å². The minimum atomic E-state index is -0.870. The number of carbonyl (C=O) groups is 1. The predicted octanol–water partition coefficient (Wildman–Crippen LogP) is 2.93. The first-order valence-corrected chi connectivity index (χ1v) is 6.21. The number of hydrogen-bond donors (Lipinski definition) is 1. The van der Waals surface area contributed by atoms with E-state index in [1.165, 1.54) is 5.56 Å². The number of carboxylic acid groups (broad SMARTS) is 1. The van der Waals surface area contributed by atoms with E-state index in [0.29, 0.717) is 0 Å². The molecule has 19 heavy (non-hydrogen) atoms. The number of nitrogens with zero attached hydrogens (tertiary/aromatic N) is 2. The number of aliphatic carboxylic acids is 1. The van der Waals surface area contributed by atoms with Crippen molar-refractivity contribution in [3.8, 4) is 11.3 Å². The van der Waals surface area contributed by atoms with Crippen LogP contribution in [0.1, 0.15) is 26.3 Å². The summed E-state index contributed by atoms with van der Waals surface area (Å²) < 4.78 is 1.63. The Balaban J connectivity index is 2.33.